The average Bonchev–Trinajstić information content (AvgIpc) is 3.16. The highest BCUT2D eigenvalue weighted by Crippen LogP contribution is 2.39. The van der Waals surface area contributed by atoms with Crippen molar-refractivity contribution in [1.29, 1.82) is 0 Å². The third-order valence-electron chi connectivity index (χ3n) is 4.75. The Bertz CT molecular complexity index is 475. The van der Waals surface area contributed by atoms with E-state index in [1.807, 2.05) is 28.5 Å². The Labute approximate surface area is 168 Å². The molecule has 0 saturated carbocycles. The molecule has 2 aliphatic rings. The van der Waals surface area contributed by atoms with Gasteiger partial charge in [0.25, 0.3) is 0 Å². The number of hydrogen-bond acceptors (Lipinski definition) is 8. The third kappa shape index (κ3) is 7.81. The zero-order chi connectivity index (χ0) is 19.6. The van der Waals surface area contributed by atoms with Gasteiger partial charge in [-0.15, -0.1) is 0 Å². The van der Waals surface area contributed by atoms with E-state index in [1.54, 1.807) is 0 Å². The molecule has 2 rings (SSSR count). The van der Waals surface area contributed by atoms with Crippen molar-refractivity contribution in [2.75, 3.05) is 19.0 Å². The zero-order valence-electron chi connectivity index (χ0n) is 15.8. The Hall–Kier alpha value is -0.480. The fourth-order valence-electron chi connectivity index (χ4n) is 3.12. The molecule has 0 bridgehead atoms. The molecule has 1 unspecified atom stereocenters. The molecule has 2 aliphatic heterocycles. The van der Waals surface area contributed by atoms with E-state index in [9.17, 15) is 19.8 Å². The normalized spacial score (nSPS) is 30.9. The summed E-state index contributed by atoms with van der Waals surface area (Å²) in [7, 11) is 3.86. The second-order valence-electron chi connectivity index (χ2n) is 7.03. The van der Waals surface area contributed by atoms with E-state index in [1.165, 1.54) is 12.2 Å². The summed E-state index contributed by atoms with van der Waals surface area (Å²) in [6, 6.07) is -0.655. The number of unbranched alkanes of at least 4 members (excludes halogenated alkanes) is 1. The fraction of sp³-hybridized carbons (Fsp3) is 0.889. The number of rotatable bonds is 10. The van der Waals surface area contributed by atoms with Crippen molar-refractivity contribution in [1.82, 2.24) is 5.32 Å². The smallest absolute Gasteiger partial charge is 0.305 e. The predicted molar refractivity (Wildman–Crippen MR) is 106 cm³/mol. The summed E-state index contributed by atoms with van der Waals surface area (Å²) in [4.78, 5) is 23.5. The number of carbonyl (C=O) groups excluding carboxylic acids is 2. The van der Waals surface area contributed by atoms with Gasteiger partial charge >= 0.3 is 5.97 Å². The van der Waals surface area contributed by atoms with Crippen molar-refractivity contribution < 1.29 is 29.3 Å². The van der Waals surface area contributed by atoms with E-state index >= 15 is 0 Å². The number of nitrogens with one attached hydrogen (secondary N) is 1. The number of aliphatic hydroxyl groups excluding tert-OH is 2. The summed E-state index contributed by atoms with van der Waals surface area (Å²) in [6.45, 7) is 1.87. The van der Waals surface area contributed by atoms with Crippen molar-refractivity contribution in [2.45, 2.75) is 81.5 Å². The first-order valence-electron chi connectivity index (χ1n) is 9.72. The van der Waals surface area contributed by atoms with Gasteiger partial charge in [0.15, 0.2) is 0 Å². The Kier molecular flexibility index (Phi) is 10.3. The van der Waals surface area contributed by atoms with E-state index in [0.29, 0.717) is 24.5 Å². The van der Waals surface area contributed by atoms with Crippen LogP contribution >= 0.6 is 21.6 Å². The lowest BCUT2D eigenvalue weighted by Crippen LogP contribution is -2.60. The van der Waals surface area contributed by atoms with Crippen LogP contribution in [-0.2, 0) is 19.1 Å². The molecular formula is C18H31NO6S2. The van der Waals surface area contributed by atoms with Gasteiger partial charge in [0.2, 0.25) is 5.91 Å². The summed E-state index contributed by atoms with van der Waals surface area (Å²) in [5, 5.41) is 23.7. The molecule has 0 aromatic heterocycles. The minimum Gasteiger partial charge on any atom is -0.463 e. The molecule has 0 aromatic rings. The highest BCUT2D eigenvalue weighted by molar-refractivity contribution is 8.77. The Morgan fingerprint density at radius 1 is 1.22 bits per heavy atom. The highest BCUT2D eigenvalue weighted by Gasteiger charge is 2.39. The van der Waals surface area contributed by atoms with Gasteiger partial charge in [-0.1, -0.05) is 34.9 Å². The summed E-state index contributed by atoms with van der Waals surface area (Å²) in [5.41, 5.74) is 0. The van der Waals surface area contributed by atoms with Crippen LogP contribution < -0.4 is 5.32 Å². The molecule has 3 N–H and O–H groups in total. The Morgan fingerprint density at radius 3 is 2.74 bits per heavy atom. The number of ether oxygens (including phenoxy) is 2. The van der Waals surface area contributed by atoms with Crippen LogP contribution in [0.2, 0.25) is 0 Å². The average molecular weight is 422 g/mol. The van der Waals surface area contributed by atoms with Crippen molar-refractivity contribution in [3.63, 3.8) is 0 Å². The maximum atomic E-state index is 11.9. The van der Waals surface area contributed by atoms with Crippen LogP contribution in [0.4, 0.5) is 0 Å². The molecule has 0 aliphatic carbocycles. The number of aliphatic hydroxyl groups is 2. The molecule has 0 aromatic carbocycles. The van der Waals surface area contributed by atoms with Crippen LogP contribution in [0.15, 0.2) is 0 Å². The summed E-state index contributed by atoms with van der Waals surface area (Å²) in [5.74, 6) is 0.722. The lowest BCUT2D eigenvalue weighted by molar-refractivity contribution is -0.177. The van der Waals surface area contributed by atoms with Gasteiger partial charge in [0.05, 0.1) is 12.6 Å². The second-order valence-corrected chi connectivity index (χ2v) is 9.82. The van der Waals surface area contributed by atoms with Crippen LogP contribution in [0.25, 0.3) is 0 Å². The molecule has 2 saturated heterocycles. The maximum Gasteiger partial charge on any atom is 0.305 e. The van der Waals surface area contributed by atoms with Crippen LogP contribution in [0, 0.1) is 0 Å². The van der Waals surface area contributed by atoms with Gasteiger partial charge in [0.1, 0.15) is 24.9 Å². The largest absolute Gasteiger partial charge is 0.463 e. The molecule has 27 heavy (non-hydrogen) atoms. The van der Waals surface area contributed by atoms with E-state index in [-0.39, 0.29) is 25.1 Å². The first-order valence-corrected chi connectivity index (χ1v) is 12.1. The second kappa shape index (κ2) is 12.2. The Morgan fingerprint density at radius 2 is 2.04 bits per heavy atom. The van der Waals surface area contributed by atoms with E-state index < -0.39 is 24.4 Å². The van der Waals surface area contributed by atoms with E-state index in [2.05, 4.69) is 5.32 Å². The summed E-state index contributed by atoms with van der Waals surface area (Å²) in [6.07, 6.45) is 2.46. The SMILES string of the molecule is CCCC(=O)N[C@H]1CO[C@H](COC(=O)CCCCC2CCSS2)[C@@H](O)[C@@H]1O. The zero-order valence-corrected chi connectivity index (χ0v) is 17.4. The topological polar surface area (TPSA) is 105 Å². The van der Waals surface area contributed by atoms with Crippen molar-refractivity contribution >= 4 is 33.5 Å². The summed E-state index contributed by atoms with van der Waals surface area (Å²) >= 11 is 0. The van der Waals surface area contributed by atoms with Crippen molar-refractivity contribution in [3.8, 4) is 0 Å². The lowest BCUT2D eigenvalue weighted by Gasteiger charge is -2.37. The minimum atomic E-state index is -1.21. The number of carbonyl (C=O) groups is 2. The van der Waals surface area contributed by atoms with Crippen LogP contribution in [0.5, 0.6) is 0 Å². The molecule has 7 nitrogen and oxygen atoms in total. The summed E-state index contributed by atoms with van der Waals surface area (Å²) < 4.78 is 10.7. The molecule has 2 fully saturated rings. The van der Waals surface area contributed by atoms with Gasteiger partial charge in [-0.25, -0.2) is 0 Å². The molecule has 156 valence electrons. The van der Waals surface area contributed by atoms with Crippen molar-refractivity contribution in [3.05, 3.63) is 0 Å². The monoisotopic (exact) mass is 421 g/mol. The third-order valence-corrected chi connectivity index (χ3v) is 7.76. The van der Waals surface area contributed by atoms with Gasteiger partial charge in [-0.2, -0.15) is 0 Å². The molecule has 2 heterocycles. The lowest BCUT2D eigenvalue weighted by atomic mass is 9.98. The van der Waals surface area contributed by atoms with Gasteiger partial charge in [0, 0.05) is 23.8 Å². The minimum absolute atomic E-state index is 0.0764. The number of amides is 1. The Balaban J connectivity index is 1.61. The van der Waals surface area contributed by atoms with Crippen LogP contribution in [0.3, 0.4) is 0 Å². The standard InChI is InChI=1S/C18H31NO6S2/c1-2-5-15(20)19-13-10-24-14(18(23)17(13)22)11-25-16(21)7-4-3-6-12-8-9-26-27-12/h12-14,17-18,22-23H,2-11H2,1H3,(H,19,20)/t12?,13-,14+,17+,18+/m0/s1. The first kappa shape index (κ1) is 22.8. The molecule has 0 spiro atoms. The molecule has 0 radical (unpaired) electrons. The maximum absolute atomic E-state index is 11.9. The highest BCUT2D eigenvalue weighted by atomic mass is 33.1. The quantitative estimate of drug-likeness (QED) is 0.278. The fourth-order valence-corrected chi connectivity index (χ4v) is 6.14. The van der Waals surface area contributed by atoms with Crippen LogP contribution in [-0.4, -0.2) is 70.7 Å². The van der Waals surface area contributed by atoms with Gasteiger partial charge in [-0.3, -0.25) is 9.59 Å². The molecular weight excluding hydrogens is 390 g/mol. The predicted octanol–water partition coefficient (Wildman–Crippen LogP) is 1.65. The molecule has 5 atom stereocenters. The van der Waals surface area contributed by atoms with Gasteiger partial charge in [-0.05, 0) is 25.7 Å². The van der Waals surface area contributed by atoms with Crippen molar-refractivity contribution in [2.24, 2.45) is 0 Å². The molecule has 1 amide bonds. The van der Waals surface area contributed by atoms with Crippen LogP contribution in [0.1, 0.15) is 51.9 Å². The van der Waals surface area contributed by atoms with Gasteiger partial charge < -0.3 is 25.0 Å². The number of hydrogen-bond donors (Lipinski definition) is 3. The van der Waals surface area contributed by atoms with E-state index in [0.717, 1.165) is 19.3 Å². The van der Waals surface area contributed by atoms with E-state index in [4.69, 9.17) is 9.47 Å². The first-order chi connectivity index (χ1) is 13.0. The molecule has 9 heteroatoms. The number of esters is 1.